The number of fused-ring (bicyclic) bond motifs is 5. The summed E-state index contributed by atoms with van der Waals surface area (Å²) >= 11 is 8.03. The Hall–Kier alpha value is -5.53. The second-order valence-electron chi connectivity index (χ2n) is 14.7. The molecule has 1 fully saturated rings. The van der Waals surface area contributed by atoms with Crippen molar-refractivity contribution in [1.29, 1.82) is 0 Å². The van der Waals surface area contributed by atoms with Crippen LogP contribution in [-0.2, 0) is 4.74 Å². The van der Waals surface area contributed by atoms with E-state index in [0.29, 0.717) is 67.1 Å². The number of para-hydroxylation sites is 1. The average molecular weight is 767 g/mol. The third-order valence-electron chi connectivity index (χ3n) is 9.82. The van der Waals surface area contributed by atoms with Crippen LogP contribution in [0, 0.1) is 6.92 Å². The SMILES string of the molecule is Cc1csc2c(OC(=O)N3CCN(C(=O)OC(C)(C)C)CC3)cc3c(c12)[C@H](CCl)CN3C(=O)c1cc2cc(NC(=O)c3cc4ccccc4[nH]3)ccc2[nH]1. The molecule has 2 aliphatic rings. The summed E-state index contributed by atoms with van der Waals surface area (Å²) in [6.07, 6.45) is -0.939. The molecule has 0 aliphatic carbocycles. The zero-order chi connectivity index (χ0) is 37.9. The number of hydrogen-bond donors (Lipinski definition) is 3. The number of hydrogen-bond acceptors (Lipinski definition) is 7. The van der Waals surface area contributed by atoms with Crippen LogP contribution in [0.5, 0.6) is 5.75 Å². The van der Waals surface area contributed by atoms with E-state index in [9.17, 15) is 19.2 Å². The van der Waals surface area contributed by atoms with Crippen molar-refractivity contribution in [3.63, 3.8) is 0 Å². The van der Waals surface area contributed by atoms with Crippen LogP contribution in [0.3, 0.4) is 0 Å². The lowest BCUT2D eigenvalue weighted by Crippen LogP contribution is -2.52. The van der Waals surface area contributed by atoms with Gasteiger partial charge >= 0.3 is 12.2 Å². The standard InChI is InChI=1S/C40H39ClN6O6S/c1-22-21-54-35-32(52-38(50)45-11-13-46(14-12-45)39(51)53-40(2,3)4)18-31-34(33(22)35)25(19-41)20-47(31)37(49)30-17-24-15-26(9-10-28(24)44-30)42-36(48)29-16-23-7-5-6-8-27(23)43-29/h5-10,15-18,21,25,43-44H,11-14,19-20H2,1-4H3,(H,42,48)/t25-/m1/s1. The molecule has 0 saturated carbocycles. The Morgan fingerprint density at radius 3 is 2.30 bits per heavy atom. The Morgan fingerprint density at radius 1 is 0.889 bits per heavy atom. The van der Waals surface area contributed by atoms with E-state index in [2.05, 4.69) is 15.3 Å². The van der Waals surface area contributed by atoms with Gasteiger partial charge in [0.15, 0.2) is 5.75 Å². The summed E-state index contributed by atoms with van der Waals surface area (Å²) in [6, 6.07) is 18.5. The van der Waals surface area contributed by atoms with E-state index in [0.717, 1.165) is 43.0 Å². The fraction of sp³-hybridized carbons (Fsp3) is 0.300. The fourth-order valence-electron chi connectivity index (χ4n) is 7.22. The monoisotopic (exact) mass is 766 g/mol. The molecule has 5 heterocycles. The number of ether oxygens (including phenoxy) is 2. The van der Waals surface area contributed by atoms with E-state index in [1.165, 1.54) is 11.3 Å². The average Bonchev–Trinajstić information content (AvgIpc) is 3.94. The summed E-state index contributed by atoms with van der Waals surface area (Å²) in [4.78, 5) is 64.7. The molecule has 0 radical (unpaired) electrons. The lowest BCUT2D eigenvalue weighted by molar-refractivity contribution is 0.0154. The summed E-state index contributed by atoms with van der Waals surface area (Å²) in [5, 5.41) is 7.60. The molecule has 3 aromatic heterocycles. The van der Waals surface area contributed by atoms with Gasteiger partial charge in [0.1, 0.15) is 17.0 Å². The first-order valence-electron chi connectivity index (χ1n) is 17.8. The Morgan fingerprint density at radius 2 is 1.57 bits per heavy atom. The summed E-state index contributed by atoms with van der Waals surface area (Å²) in [5.41, 5.74) is 5.01. The summed E-state index contributed by atoms with van der Waals surface area (Å²) < 4.78 is 12.4. The number of aromatic nitrogens is 2. The fourth-order valence-corrected chi connectivity index (χ4v) is 8.49. The number of thiophene rings is 1. The number of nitrogens with one attached hydrogen (secondary N) is 3. The number of H-pyrrole nitrogens is 2. The van der Waals surface area contributed by atoms with Crippen LogP contribution < -0.4 is 15.0 Å². The van der Waals surface area contributed by atoms with Crippen molar-refractivity contribution in [2.45, 2.75) is 39.2 Å². The minimum Gasteiger partial charge on any atom is -0.444 e. The van der Waals surface area contributed by atoms with Crippen LogP contribution in [0.25, 0.3) is 31.9 Å². The number of carbonyl (C=O) groups excluding carboxylic acids is 4. The molecule has 8 rings (SSSR count). The molecular weight excluding hydrogens is 728 g/mol. The van der Waals surface area contributed by atoms with Crippen molar-refractivity contribution < 1.29 is 28.7 Å². The molecule has 54 heavy (non-hydrogen) atoms. The van der Waals surface area contributed by atoms with Crippen LogP contribution in [0.15, 0.2) is 66.0 Å². The van der Waals surface area contributed by atoms with Gasteiger partial charge in [-0.3, -0.25) is 9.59 Å². The van der Waals surface area contributed by atoms with E-state index >= 15 is 0 Å². The van der Waals surface area contributed by atoms with E-state index in [1.807, 2.05) is 75.5 Å². The molecule has 4 amide bonds. The molecule has 2 aliphatic heterocycles. The Kier molecular flexibility index (Phi) is 9.01. The number of piperazine rings is 1. The maximum atomic E-state index is 14.3. The van der Waals surface area contributed by atoms with Gasteiger partial charge in [0.2, 0.25) is 0 Å². The highest BCUT2D eigenvalue weighted by molar-refractivity contribution is 7.17. The first-order chi connectivity index (χ1) is 25.9. The van der Waals surface area contributed by atoms with Crippen LogP contribution >= 0.6 is 22.9 Å². The second-order valence-corrected chi connectivity index (χ2v) is 15.9. The van der Waals surface area contributed by atoms with Crippen molar-refractivity contribution in [3.05, 3.63) is 88.6 Å². The molecule has 1 saturated heterocycles. The van der Waals surface area contributed by atoms with Gasteiger partial charge in [-0.25, -0.2) is 9.59 Å². The maximum Gasteiger partial charge on any atom is 0.415 e. The summed E-state index contributed by atoms with van der Waals surface area (Å²) in [7, 11) is 0. The van der Waals surface area contributed by atoms with E-state index in [-0.39, 0.29) is 17.7 Å². The maximum absolute atomic E-state index is 14.3. The van der Waals surface area contributed by atoms with Crippen LogP contribution in [0.1, 0.15) is 58.8 Å². The van der Waals surface area contributed by atoms with Gasteiger partial charge < -0.3 is 39.5 Å². The second kappa shape index (κ2) is 13.7. The Bertz CT molecular complexity index is 2440. The zero-order valence-corrected chi connectivity index (χ0v) is 31.8. The lowest BCUT2D eigenvalue weighted by Gasteiger charge is -2.35. The van der Waals surface area contributed by atoms with Crippen LogP contribution in [0.2, 0.25) is 0 Å². The van der Waals surface area contributed by atoms with E-state index in [1.54, 1.807) is 32.9 Å². The van der Waals surface area contributed by atoms with Gasteiger partial charge in [-0.1, -0.05) is 18.2 Å². The van der Waals surface area contributed by atoms with Crippen LogP contribution in [0.4, 0.5) is 21.0 Å². The first kappa shape index (κ1) is 35.5. The van der Waals surface area contributed by atoms with Gasteiger partial charge in [-0.2, -0.15) is 0 Å². The van der Waals surface area contributed by atoms with Gasteiger partial charge in [0.25, 0.3) is 11.8 Å². The Balaban J connectivity index is 1.03. The lowest BCUT2D eigenvalue weighted by atomic mass is 9.97. The number of anilines is 2. The molecule has 0 bridgehead atoms. The van der Waals surface area contributed by atoms with E-state index < -0.39 is 17.8 Å². The number of aryl methyl sites for hydroxylation is 1. The number of benzene rings is 3. The summed E-state index contributed by atoms with van der Waals surface area (Å²) in [5.74, 6) is -0.00222. The zero-order valence-electron chi connectivity index (χ0n) is 30.2. The van der Waals surface area contributed by atoms with Crippen molar-refractivity contribution in [1.82, 2.24) is 19.8 Å². The molecule has 278 valence electrons. The van der Waals surface area contributed by atoms with Crippen molar-refractivity contribution in [2.75, 3.05) is 48.8 Å². The minimum absolute atomic E-state index is 0.136. The highest BCUT2D eigenvalue weighted by atomic mass is 35.5. The predicted molar refractivity (Wildman–Crippen MR) is 212 cm³/mol. The molecule has 1 atom stereocenters. The molecule has 3 aromatic carbocycles. The predicted octanol–water partition coefficient (Wildman–Crippen LogP) is 8.46. The van der Waals surface area contributed by atoms with Crippen molar-refractivity contribution >= 4 is 90.2 Å². The topological polar surface area (TPSA) is 140 Å². The normalized spacial score (nSPS) is 15.9. The smallest absolute Gasteiger partial charge is 0.415 e. The number of carbonyl (C=O) groups is 4. The Labute approximate surface area is 319 Å². The third kappa shape index (κ3) is 6.62. The van der Waals surface area contributed by atoms with Crippen LogP contribution in [-0.4, -0.2) is 88.0 Å². The number of amides is 4. The largest absolute Gasteiger partial charge is 0.444 e. The first-order valence-corrected chi connectivity index (χ1v) is 19.2. The quantitative estimate of drug-likeness (QED) is 0.151. The van der Waals surface area contributed by atoms with Gasteiger partial charge in [0, 0.05) is 83.5 Å². The number of aromatic amines is 2. The molecule has 0 unspecified atom stereocenters. The molecular formula is C40H39ClN6O6S. The summed E-state index contributed by atoms with van der Waals surface area (Å²) in [6.45, 7) is 9.05. The van der Waals surface area contributed by atoms with E-state index in [4.69, 9.17) is 21.1 Å². The molecule has 6 aromatic rings. The third-order valence-corrected chi connectivity index (χ3v) is 11.3. The van der Waals surface area contributed by atoms with Gasteiger partial charge in [-0.15, -0.1) is 22.9 Å². The number of rotatable bonds is 5. The minimum atomic E-state index is -0.612. The number of halogens is 1. The molecule has 14 heteroatoms. The number of alkyl halides is 1. The van der Waals surface area contributed by atoms with Crippen molar-refractivity contribution in [3.8, 4) is 5.75 Å². The highest BCUT2D eigenvalue weighted by Crippen LogP contribution is 2.49. The molecule has 12 nitrogen and oxygen atoms in total. The highest BCUT2D eigenvalue weighted by Gasteiger charge is 2.37. The molecule has 0 spiro atoms. The van der Waals surface area contributed by atoms with Gasteiger partial charge in [0.05, 0.1) is 10.4 Å². The van der Waals surface area contributed by atoms with Gasteiger partial charge in [-0.05, 0) is 80.6 Å². The number of nitrogens with zero attached hydrogens (tertiary/aromatic N) is 3. The van der Waals surface area contributed by atoms with Crippen molar-refractivity contribution in [2.24, 2.45) is 0 Å². The molecule has 3 N–H and O–H groups in total.